The quantitative estimate of drug-likeness (QED) is 0.416. The Morgan fingerprint density at radius 2 is 1.66 bits per heavy atom. The van der Waals surface area contributed by atoms with Crippen LogP contribution in [-0.2, 0) is 9.31 Å². The molecule has 2 aromatic rings. The molecule has 1 fully saturated rings. The van der Waals surface area contributed by atoms with E-state index < -0.39 is 18.3 Å². The van der Waals surface area contributed by atoms with Gasteiger partial charge in [0.1, 0.15) is 5.75 Å². The topological polar surface area (TPSA) is 77.1 Å². The van der Waals surface area contributed by atoms with E-state index >= 15 is 0 Å². The van der Waals surface area contributed by atoms with Crippen LogP contribution in [0.3, 0.4) is 0 Å². The number of benzene rings is 2. The fourth-order valence-corrected chi connectivity index (χ4v) is 4.89. The van der Waals surface area contributed by atoms with E-state index in [4.69, 9.17) is 14.0 Å². The third-order valence-electron chi connectivity index (χ3n) is 7.76. The fraction of sp³-hybridized carbons (Fsp3) is 0.533. The summed E-state index contributed by atoms with van der Waals surface area (Å²) in [4.78, 5) is 27.7. The molecule has 0 spiro atoms. The lowest BCUT2D eigenvalue weighted by atomic mass is 9.77. The summed E-state index contributed by atoms with van der Waals surface area (Å²) in [6.07, 6.45) is 0.655. The number of hydrogen-bond acceptors (Lipinski definition) is 5. The van der Waals surface area contributed by atoms with E-state index in [1.54, 1.807) is 19.2 Å². The van der Waals surface area contributed by atoms with Crippen LogP contribution in [0.4, 0.5) is 0 Å². The largest absolute Gasteiger partial charge is 0.496 e. The Morgan fingerprint density at radius 1 is 1.05 bits per heavy atom. The Kier molecular flexibility index (Phi) is 8.40. The first-order valence-electron chi connectivity index (χ1n) is 13.3. The number of hydrogen-bond donors (Lipinski definition) is 1. The van der Waals surface area contributed by atoms with Crippen molar-refractivity contribution in [1.82, 2.24) is 10.4 Å². The zero-order valence-corrected chi connectivity index (χ0v) is 24.8. The molecule has 0 unspecified atom stereocenters. The van der Waals surface area contributed by atoms with Gasteiger partial charge in [-0.25, -0.2) is 5.01 Å². The van der Waals surface area contributed by atoms with Gasteiger partial charge in [-0.15, -0.1) is 0 Å². The van der Waals surface area contributed by atoms with Crippen molar-refractivity contribution in [2.45, 2.75) is 92.9 Å². The van der Waals surface area contributed by atoms with Gasteiger partial charge in [-0.3, -0.25) is 15.0 Å². The second kappa shape index (κ2) is 10.7. The average molecular weight is 522 g/mol. The highest BCUT2D eigenvalue weighted by molar-refractivity contribution is 6.62. The summed E-state index contributed by atoms with van der Waals surface area (Å²) in [5.41, 5.74) is 4.94. The number of hydrazine groups is 1. The lowest BCUT2D eigenvalue weighted by Crippen LogP contribution is -2.56. The van der Waals surface area contributed by atoms with Crippen molar-refractivity contribution in [2.24, 2.45) is 5.41 Å². The summed E-state index contributed by atoms with van der Waals surface area (Å²) in [6, 6.07) is 10.7. The molecule has 7 nitrogen and oxygen atoms in total. The molecular formula is C30H43BN2O5. The third-order valence-corrected chi connectivity index (χ3v) is 7.76. The number of carbonyl (C=O) groups excluding carboxylic acids is 2. The van der Waals surface area contributed by atoms with Crippen LogP contribution in [0.2, 0.25) is 0 Å². The summed E-state index contributed by atoms with van der Waals surface area (Å²) >= 11 is 0. The van der Waals surface area contributed by atoms with Gasteiger partial charge in [0.2, 0.25) is 0 Å². The molecule has 0 saturated carbocycles. The molecule has 1 aliphatic heterocycles. The second-order valence-corrected chi connectivity index (χ2v) is 12.3. The minimum Gasteiger partial charge on any atom is -0.496 e. The van der Waals surface area contributed by atoms with Crippen LogP contribution in [0.5, 0.6) is 5.75 Å². The predicted molar refractivity (Wildman–Crippen MR) is 152 cm³/mol. The fourth-order valence-electron chi connectivity index (χ4n) is 4.89. The maximum Gasteiger partial charge on any atom is 0.494 e. The molecule has 2 amide bonds. The molecule has 8 heteroatoms. The predicted octanol–water partition coefficient (Wildman–Crippen LogP) is 5.22. The Balaban J connectivity index is 2.02. The third kappa shape index (κ3) is 5.91. The van der Waals surface area contributed by atoms with Crippen LogP contribution >= 0.6 is 0 Å². The number of nitrogens with one attached hydrogen (secondary N) is 1. The van der Waals surface area contributed by atoms with Gasteiger partial charge < -0.3 is 14.0 Å². The maximum absolute atomic E-state index is 14.1. The normalized spacial score (nSPS) is 17.2. The number of rotatable bonds is 6. The molecule has 0 bridgehead atoms. The molecule has 2 aromatic carbocycles. The lowest BCUT2D eigenvalue weighted by molar-refractivity contribution is 0.00578. The number of carbonyl (C=O) groups is 2. The molecule has 1 N–H and O–H groups in total. The van der Waals surface area contributed by atoms with E-state index in [2.05, 4.69) is 26.2 Å². The first-order valence-corrected chi connectivity index (χ1v) is 13.3. The summed E-state index contributed by atoms with van der Waals surface area (Å²) in [7, 11) is 0.973. The van der Waals surface area contributed by atoms with Crippen molar-refractivity contribution in [3.05, 3.63) is 58.7 Å². The van der Waals surface area contributed by atoms with Gasteiger partial charge in [0.25, 0.3) is 11.8 Å². The van der Waals surface area contributed by atoms with Crippen LogP contribution in [0, 0.1) is 19.3 Å². The Bertz CT molecular complexity index is 1190. The van der Waals surface area contributed by atoms with Crippen molar-refractivity contribution in [1.29, 1.82) is 0 Å². The molecule has 1 atom stereocenters. The summed E-state index contributed by atoms with van der Waals surface area (Å²) in [5.74, 6) is -0.0393. The zero-order chi connectivity index (χ0) is 28.6. The number of methoxy groups -OCH3 is 1. The standard InChI is InChI=1S/C30H43BN2O5/c1-12-25(28(4,5)6)33(32-26(34)23-14-13-15-24(36-11)20(23)3)27(35)21-16-19(2)17-22(18-21)31-37-29(7,8)30(9,10)38-31/h13-18,25H,12H2,1-11H3,(H,32,34)/t25-/m1/s1. The van der Waals surface area contributed by atoms with Crippen LogP contribution < -0.4 is 15.6 Å². The van der Waals surface area contributed by atoms with Crippen LogP contribution in [-0.4, -0.2) is 48.3 Å². The van der Waals surface area contributed by atoms with Crippen LogP contribution in [0.1, 0.15) is 93.7 Å². The van der Waals surface area contributed by atoms with Gasteiger partial charge in [0.05, 0.1) is 24.4 Å². The van der Waals surface area contributed by atoms with Crippen molar-refractivity contribution < 1.29 is 23.6 Å². The van der Waals surface area contributed by atoms with E-state index in [1.165, 1.54) is 5.01 Å². The Labute approximate surface area is 228 Å². The molecule has 3 rings (SSSR count). The van der Waals surface area contributed by atoms with E-state index in [0.717, 1.165) is 11.0 Å². The molecular weight excluding hydrogens is 479 g/mol. The van der Waals surface area contributed by atoms with Crippen molar-refractivity contribution in [2.75, 3.05) is 7.11 Å². The monoisotopic (exact) mass is 522 g/mol. The average Bonchev–Trinajstić information content (AvgIpc) is 3.04. The second-order valence-electron chi connectivity index (χ2n) is 12.3. The van der Waals surface area contributed by atoms with Crippen LogP contribution in [0.25, 0.3) is 0 Å². The SMILES string of the molecule is CC[C@@H](N(NC(=O)c1cccc(OC)c1C)C(=O)c1cc(C)cc(B2OC(C)(C)C(C)(C)O2)c1)C(C)(C)C. The molecule has 0 aliphatic carbocycles. The van der Waals surface area contributed by atoms with Gasteiger partial charge >= 0.3 is 7.12 Å². The zero-order valence-electron chi connectivity index (χ0n) is 24.8. The lowest BCUT2D eigenvalue weighted by Gasteiger charge is -2.39. The van der Waals surface area contributed by atoms with Gasteiger partial charge in [-0.2, -0.15) is 0 Å². The van der Waals surface area contributed by atoms with E-state index in [9.17, 15) is 9.59 Å². The van der Waals surface area contributed by atoms with E-state index in [0.29, 0.717) is 28.9 Å². The highest BCUT2D eigenvalue weighted by atomic mass is 16.7. The minimum absolute atomic E-state index is 0.259. The van der Waals surface area contributed by atoms with Crippen molar-refractivity contribution >= 4 is 24.4 Å². The molecule has 1 saturated heterocycles. The van der Waals surface area contributed by atoms with Crippen molar-refractivity contribution in [3.8, 4) is 5.75 Å². The van der Waals surface area contributed by atoms with Crippen LogP contribution in [0.15, 0.2) is 36.4 Å². The first kappa shape index (κ1) is 29.7. The van der Waals surface area contributed by atoms with E-state index in [1.807, 2.05) is 72.7 Å². The molecule has 1 heterocycles. The highest BCUT2D eigenvalue weighted by Crippen LogP contribution is 2.36. The number of ether oxygens (including phenoxy) is 1. The number of amides is 2. The number of nitrogens with zero attached hydrogens (tertiary/aromatic N) is 1. The molecule has 206 valence electrons. The molecule has 0 aromatic heterocycles. The Hall–Kier alpha value is -2.84. The number of aryl methyl sites for hydroxylation is 1. The van der Waals surface area contributed by atoms with Gasteiger partial charge in [-0.05, 0) is 83.1 Å². The van der Waals surface area contributed by atoms with E-state index in [-0.39, 0.29) is 23.3 Å². The van der Waals surface area contributed by atoms with Gasteiger partial charge in [-0.1, -0.05) is 45.4 Å². The molecule has 38 heavy (non-hydrogen) atoms. The maximum atomic E-state index is 14.1. The highest BCUT2D eigenvalue weighted by Gasteiger charge is 2.52. The molecule has 0 radical (unpaired) electrons. The summed E-state index contributed by atoms with van der Waals surface area (Å²) < 4.78 is 17.9. The summed E-state index contributed by atoms with van der Waals surface area (Å²) in [5, 5.41) is 1.49. The van der Waals surface area contributed by atoms with Crippen molar-refractivity contribution in [3.63, 3.8) is 0 Å². The molecule has 1 aliphatic rings. The smallest absolute Gasteiger partial charge is 0.494 e. The first-order chi connectivity index (χ1) is 17.5. The minimum atomic E-state index is -0.599. The van der Waals surface area contributed by atoms with Gasteiger partial charge in [0.15, 0.2) is 0 Å². The Morgan fingerprint density at radius 3 is 2.18 bits per heavy atom. The van der Waals surface area contributed by atoms with Gasteiger partial charge in [0, 0.05) is 16.7 Å². The summed E-state index contributed by atoms with van der Waals surface area (Å²) in [6.45, 7) is 20.0.